The van der Waals surface area contributed by atoms with E-state index in [1.807, 2.05) is 0 Å². The first-order valence-corrected chi connectivity index (χ1v) is 13.4. The Labute approximate surface area is 196 Å². The van der Waals surface area contributed by atoms with Gasteiger partial charge in [-0.1, -0.05) is 35.9 Å². The molecule has 33 heavy (non-hydrogen) atoms. The Hall–Kier alpha value is -2.95. The van der Waals surface area contributed by atoms with Gasteiger partial charge in [-0.05, 0) is 59.7 Å². The normalized spacial score (nSPS) is 16.5. The van der Waals surface area contributed by atoms with E-state index in [-0.39, 0.29) is 11.3 Å². The summed E-state index contributed by atoms with van der Waals surface area (Å²) >= 11 is 5.90. The summed E-state index contributed by atoms with van der Waals surface area (Å²) in [6, 6.07) is 17.1. The number of hydrogen-bond donors (Lipinski definition) is 1. The molecule has 0 spiro atoms. The van der Waals surface area contributed by atoms with Crippen molar-refractivity contribution < 1.29 is 21.2 Å². The van der Waals surface area contributed by atoms with Crippen molar-refractivity contribution in [2.45, 2.75) is 17.4 Å². The standard InChI is InChI=1S/C22H19ClFN3O4S2/c1-32(28,29)26-19-9-5-15(6-10-19)21-14-22(16-3-2-4-18(24)13-16)27(25-21)33(30,31)20-11-7-17(23)8-12-20/h2-13,22,26H,14H2,1H3/t22-/m0/s1. The lowest BCUT2D eigenvalue weighted by Gasteiger charge is -2.23. The van der Waals surface area contributed by atoms with Crippen LogP contribution < -0.4 is 4.72 Å². The molecule has 0 aromatic heterocycles. The van der Waals surface area contributed by atoms with Gasteiger partial charge in [0, 0.05) is 17.1 Å². The predicted octanol–water partition coefficient (Wildman–Crippen LogP) is 4.39. The highest BCUT2D eigenvalue weighted by Crippen LogP contribution is 2.37. The monoisotopic (exact) mass is 507 g/mol. The number of halogens is 2. The van der Waals surface area contributed by atoms with Crippen LogP contribution in [-0.4, -0.2) is 33.2 Å². The topological polar surface area (TPSA) is 95.9 Å². The minimum atomic E-state index is -4.07. The number of sulfonamides is 2. The molecule has 1 aliphatic rings. The number of hydrogen-bond acceptors (Lipinski definition) is 5. The van der Waals surface area contributed by atoms with Crippen LogP contribution in [0.15, 0.2) is 82.8 Å². The van der Waals surface area contributed by atoms with E-state index in [1.165, 1.54) is 42.5 Å². The first-order valence-electron chi connectivity index (χ1n) is 9.74. The molecular weight excluding hydrogens is 489 g/mol. The average Bonchev–Trinajstić information content (AvgIpc) is 3.20. The molecule has 3 aromatic rings. The molecule has 4 rings (SSSR count). The van der Waals surface area contributed by atoms with Crippen molar-refractivity contribution in [2.24, 2.45) is 5.10 Å². The second-order valence-corrected chi connectivity index (χ2v) is 11.5. The fourth-order valence-electron chi connectivity index (χ4n) is 3.51. The lowest BCUT2D eigenvalue weighted by atomic mass is 9.99. The molecule has 0 saturated heterocycles. The highest BCUT2D eigenvalue weighted by Gasteiger charge is 2.37. The molecule has 1 atom stereocenters. The molecular formula is C22H19ClFN3O4S2. The minimum Gasteiger partial charge on any atom is -0.284 e. The van der Waals surface area contributed by atoms with Gasteiger partial charge < -0.3 is 0 Å². The highest BCUT2D eigenvalue weighted by molar-refractivity contribution is 7.92. The van der Waals surface area contributed by atoms with Gasteiger partial charge in [0.1, 0.15) is 5.82 Å². The van der Waals surface area contributed by atoms with Crippen molar-refractivity contribution in [2.75, 3.05) is 11.0 Å². The Morgan fingerprint density at radius 1 is 1.00 bits per heavy atom. The van der Waals surface area contributed by atoms with Crippen LogP contribution in [0.5, 0.6) is 0 Å². The van der Waals surface area contributed by atoms with Crippen LogP contribution >= 0.6 is 11.6 Å². The molecule has 172 valence electrons. The Morgan fingerprint density at radius 3 is 2.27 bits per heavy atom. The zero-order valence-electron chi connectivity index (χ0n) is 17.3. The first-order chi connectivity index (χ1) is 15.5. The molecule has 0 fully saturated rings. The smallest absolute Gasteiger partial charge is 0.279 e. The van der Waals surface area contributed by atoms with Gasteiger partial charge in [-0.3, -0.25) is 4.72 Å². The predicted molar refractivity (Wildman–Crippen MR) is 126 cm³/mol. The van der Waals surface area contributed by atoms with Crippen LogP contribution in [0.3, 0.4) is 0 Å². The van der Waals surface area contributed by atoms with Gasteiger partial charge in [0.15, 0.2) is 0 Å². The van der Waals surface area contributed by atoms with Gasteiger partial charge in [-0.15, -0.1) is 0 Å². The quantitative estimate of drug-likeness (QED) is 0.535. The number of anilines is 1. The molecule has 1 N–H and O–H groups in total. The van der Waals surface area contributed by atoms with E-state index in [0.717, 1.165) is 10.7 Å². The molecule has 3 aromatic carbocycles. The largest absolute Gasteiger partial charge is 0.284 e. The SMILES string of the molecule is CS(=O)(=O)Nc1ccc(C2=NN(S(=O)(=O)c3ccc(Cl)cc3)[C@H](c3cccc(F)c3)C2)cc1. The second-order valence-electron chi connectivity index (χ2n) is 7.50. The van der Waals surface area contributed by atoms with Gasteiger partial charge in [0.25, 0.3) is 10.0 Å². The van der Waals surface area contributed by atoms with E-state index < -0.39 is 31.9 Å². The second kappa shape index (κ2) is 8.77. The van der Waals surface area contributed by atoms with Gasteiger partial charge >= 0.3 is 0 Å². The molecule has 1 heterocycles. The van der Waals surface area contributed by atoms with Crippen LogP contribution in [0, 0.1) is 5.82 Å². The average molecular weight is 508 g/mol. The van der Waals surface area contributed by atoms with E-state index in [2.05, 4.69) is 9.82 Å². The third kappa shape index (κ3) is 5.18. The fourth-order valence-corrected chi connectivity index (χ4v) is 5.63. The Bertz CT molecular complexity index is 1430. The molecule has 0 saturated carbocycles. The maximum Gasteiger partial charge on any atom is 0.279 e. The van der Waals surface area contributed by atoms with Crippen LogP contribution in [0.25, 0.3) is 0 Å². The molecule has 0 amide bonds. The first kappa shape index (κ1) is 23.2. The van der Waals surface area contributed by atoms with Crippen LogP contribution in [-0.2, 0) is 20.0 Å². The summed E-state index contributed by atoms with van der Waals surface area (Å²) in [6.45, 7) is 0. The summed E-state index contributed by atoms with van der Waals surface area (Å²) in [5.74, 6) is -0.485. The number of nitrogens with one attached hydrogen (secondary N) is 1. The number of nitrogens with zero attached hydrogens (tertiary/aromatic N) is 2. The van der Waals surface area contributed by atoms with Crippen LogP contribution in [0.1, 0.15) is 23.6 Å². The van der Waals surface area contributed by atoms with E-state index in [9.17, 15) is 21.2 Å². The maximum absolute atomic E-state index is 13.9. The summed E-state index contributed by atoms with van der Waals surface area (Å²) < 4.78 is 67.0. The van der Waals surface area contributed by atoms with Gasteiger partial charge in [0.2, 0.25) is 10.0 Å². The molecule has 0 radical (unpaired) electrons. The van der Waals surface area contributed by atoms with Crippen molar-refractivity contribution >= 4 is 43.0 Å². The number of benzene rings is 3. The minimum absolute atomic E-state index is 0.00556. The zero-order valence-corrected chi connectivity index (χ0v) is 19.7. The Morgan fingerprint density at radius 2 is 1.67 bits per heavy atom. The summed E-state index contributed by atoms with van der Waals surface area (Å²) in [7, 11) is -7.50. The van der Waals surface area contributed by atoms with Crippen molar-refractivity contribution in [3.63, 3.8) is 0 Å². The maximum atomic E-state index is 13.9. The Kier molecular flexibility index (Phi) is 6.17. The van der Waals surface area contributed by atoms with E-state index >= 15 is 0 Å². The van der Waals surface area contributed by atoms with Crippen molar-refractivity contribution in [1.82, 2.24) is 4.41 Å². The van der Waals surface area contributed by atoms with E-state index in [1.54, 1.807) is 30.3 Å². The summed E-state index contributed by atoms with van der Waals surface area (Å²) in [5.41, 5.74) is 1.91. The van der Waals surface area contributed by atoms with Crippen molar-refractivity contribution in [1.29, 1.82) is 0 Å². The summed E-state index contributed by atoms with van der Waals surface area (Å²) in [6.07, 6.45) is 1.25. The summed E-state index contributed by atoms with van der Waals surface area (Å²) in [5, 5.41) is 4.78. The zero-order chi connectivity index (χ0) is 23.8. The lowest BCUT2D eigenvalue weighted by Crippen LogP contribution is -2.27. The third-order valence-electron chi connectivity index (χ3n) is 4.99. The van der Waals surface area contributed by atoms with E-state index in [4.69, 9.17) is 11.6 Å². The summed E-state index contributed by atoms with van der Waals surface area (Å²) in [4.78, 5) is 0.00556. The highest BCUT2D eigenvalue weighted by atomic mass is 35.5. The molecule has 0 bridgehead atoms. The van der Waals surface area contributed by atoms with Crippen LogP contribution in [0.2, 0.25) is 5.02 Å². The molecule has 1 aliphatic heterocycles. The van der Waals surface area contributed by atoms with Gasteiger partial charge in [0.05, 0.1) is 22.9 Å². The molecule has 11 heteroatoms. The lowest BCUT2D eigenvalue weighted by molar-refractivity contribution is 0.370. The number of hydrazone groups is 1. The molecule has 0 aliphatic carbocycles. The fraction of sp³-hybridized carbons (Fsp3) is 0.136. The van der Waals surface area contributed by atoms with Crippen LogP contribution in [0.4, 0.5) is 10.1 Å². The van der Waals surface area contributed by atoms with Gasteiger partial charge in [-0.2, -0.15) is 17.9 Å². The number of rotatable bonds is 6. The molecule has 0 unspecified atom stereocenters. The van der Waals surface area contributed by atoms with E-state index in [0.29, 0.717) is 27.5 Å². The third-order valence-corrected chi connectivity index (χ3v) is 7.54. The van der Waals surface area contributed by atoms with Crippen molar-refractivity contribution in [3.8, 4) is 0 Å². The van der Waals surface area contributed by atoms with Crippen molar-refractivity contribution in [3.05, 3.63) is 94.8 Å². The Balaban J connectivity index is 1.74. The van der Waals surface area contributed by atoms with Gasteiger partial charge in [-0.25, -0.2) is 12.8 Å². The molecule has 7 nitrogen and oxygen atoms in total.